The van der Waals surface area contributed by atoms with Crippen molar-refractivity contribution in [2.75, 3.05) is 24.6 Å². The summed E-state index contributed by atoms with van der Waals surface area (Å²) in [6, 6.07) is 22.2. The Morgan fingerprint density at radius 1 is 0.939 bits per heavy atom. The van der Waals surface area contributed by atoms with Crippen LogP contribution in [0.2, 0.25) is 0 Å². The number of rotatable bonds is 10. The van der Waals surface area contributed by atoms with E-state index in [9.17, 15) is 13.2 Å². The fourth-order valence-corrected chi connectivity index (χ4v) is 4.82. The number of benzene rings is 3. The smallest absolute Gasteiger partial charge is 0.264 e. The minimum absolute atomic E-state index is 0.153. The molecule has 8 heteroatoms. The van der Waals surface area contributed by atoms with Gasteiger partial charge < -0.3 is 14.8 Å². The van der Waals surface area contributed by atoms with Crippen molar-refractivity contribution < 1.29 is 22.7 Å². The average molecular weight is 469 g/mol. The Morgan fingerprint density at radius 3 is 2.12 bits per heavy atom. The van der Waals surface area contributed by atoms with Gasteiger partial charge in [-0.05, 0) is 67.9 Å². The van der Waals surface area contributed by atoms with Crippen molar-refractivity contribution in [3.63, 3.8) is 0 Å². The largest absolute Gasteiger partial charge is 0.497 e. The van der Waals surface area contributed by atoms with Crippen LogP contribution in [-0.4, -0.2) is 34.6 Å². The van der Waals surface area contributed by atoms with Gasteiger partial charge in [-0.2, -0.15) is 0 Å². The van der Waals surface area contributed by atoms with E-state index in [0.29, 0.717) is 11.4 Å². The molecule has 3 aromatic carbocycles. The molecule has 0 aliphatic rings. The molecule has 0 aliphatic carbocycles. The molecule has 0 saturated carbocycles. The van der Waals surface area contributed by atoms with Gasteiger partial charge in [0.05, 0.1) is 23.7 Å². The van der Waals surface area contributed by atoms with E-state index in [1.807, 2.05) is 31.2 Å². The monoisotopic (exact) mass is 468 g/mol. The molecule has 0 aromatic heterocycles. The topological polar surface area (TPSA) is 84.9 Å². The molecule has 174 valence electrons. The molecule has 0 fully saturated rings. The summed E-state index contributed by atoms with van der Waals surface area (Å²) in [7, 11) is -2.06. The Labute approximate surface area is 195 Å². The number of amides is 1. The van der Waals surface area contributed by atoms with Crippen LogP contribution in [0.1, 0.15) is 25.5 Å². The van der Waals surface area contributed by atoms with E-state index in [1.165, 1.54) is 4.31 Å². The van der Waals surface area contributed by atoms with Crippen LogP contribution in [0, 0.1) is 0 Å². The lowest BCUT2D eigenvalue weighted by atomic mass is 10.1. The van der Waals surface area contributed by atoms with E-state index in [-0.39, 0.29) is 30.0 Å². The number of hydrogen-bond donors (Lipinski definition) is 1. The first-order chi connectivity index (χ1) is 15.8. The van der Waals surface area contributed by atoms with Crippen molar-refractivity contribution in [3.05, 3.63) is 84.4 Å². The fourth-order valence-electron chi connectivity index (χ4n) is 3.33. The summed E-state index contributed by atoms with van der Waals surface area (Å²) in [6.07, 6.45) is 0. The zero-order chi connectivity index (χ0) is 23.8. The Morgan fingerprint density at radius 2 is 1.55 bits per heavy atom. The van der Waals surface area contributed by atoms with E-state index >= 15 is 0 Å². The third-order valence-electron chi connectivity index (χ3n) is 5.11. The van der Waals surface area contributed by atoms with E-state index < -0.39 is 10.0 Å². The quantitative estimate of drug-likeness (QED) is 0.483. The first-order valence-electron chi connectivity index (χ1n) is 10.6. The highest BCUT2D eigenvalue weighted by Crippen LogP contribution is 2.25. The first kappa shape index (κ1) is 24.1. The molecule has 1 atom stereocenters. The number of ether oxygens (including phenoxy) is 2. The van der Waals surface area contributed by atoms with Crippen LogP contribution in [0.15, 0.2) is 83.8 Å². The number of carbonyl (C=O) groups excluding carboxylic acids is 1. The maximum absolute atomic E-state index is 13.0. The average Bonchev–Trinajstić information content (AvgIpc) is 2.84. The van der Waals surface area contributed by atoms with Gasteiger partial charge in [0, 0.05) is 6.54 Å². The van der Waals surface area contributed by atoms with Crippen LogP contribution < -0.4 is 19.1 Å². The fraction of sp³-hybridized carbons (Fsp3) is 0.240. The van der Waals surface area contributed by atoms with Gasteiger partial charge in [-0.15, -0.1) is 0 Å². The summed E-state index contributed by atoms with van der Waals surface area (Å²) in [5.74, 6) is 0.964. The Bertz CT molecular complexity index is 1150. The standard InChI is InChI=1S/C25H28N2O5S/c1-4-27(33(29,30)24-8-6-5-7-9-24)21-12-16-23(17-13-21)32-18-25(28)26-19(2)20-10-14-22(31-3)15-11-20/h5-17,19H,4,18H2,1-3H3,(H,26,28)/t19-/m1/s1. The summed E-state index contributed by atoms with van der Waals surface area (Å²) in [6.45, 7) is 3.79. The molecule has 1 N–H and O–H groups in total. The summed E-state index contributed by atoms with van der Waals surface area (Å²) in [5.41, 5.74) is 1.47. The maximum atomic E-state index is 13.0. The SMILES string of the molecule is CCN(c1ccc(OCC(=O)N[C@H](C)c2ccc(OC)cc2)cc1)S(=O)(=O)c1ccccc1. The molecule has 33 heavy (non-hydrogen) atoms. The van der Waals surface area contributed by atoms with Gasteiger partial charge in [0.2, 0.25) is 0 Å². The molecule has 0 aliphatic heterocycles. The first-order valence-corrected chi connectivity index (χ1v) is 12.0. The van der Waals surface area contributed by atoms with Crippen LogP contribution >= 0.6 is 0 Å². The van der Waals surface area contributed by atoms with Crippen LogP contribution in [0.4, 0.5) is 5.69 Å². The normalized spacial score (nSPS) is 12.0. The lowest BCUT2D eigenvalue weighted by Gasteiger charge is -2.23. The third-order valence-corrected chi connectivity index (χ3v) is 7.02. The second-order valence-electron chi connectivity index (χ2n) is 7.33. The third kappa shape index (κ3) is 6.04. The van der Waals surface area contributed by atoms with Crippen LogP contribution in [0.5, 0.6) is 11.5 Å². The van der Waals surface area contributed by atoms with Gasteiger partial charge in [-0.25, -0.2) is 8.42 Å². The molecule has 7 nitrogen and oxygen atoms in total. The van der Waals surface area contributed by atoms with Gasteiger partial charge in [-0.3, -0.25) is 9.10 Å². The zero-order valence-corrected chi connectivity index (χ0v) is 19.7. The van der Waals surface area contributed by atoms with Crippen molar-refractivity contribution in [2.24, 2.45) is 0 Å². The lowest BCUT2D eigenvalue weighted by Crippen LogP contribution is -2.31. The molecule has 0 saturated heterocycles. The van der Waals surface area contributed by atoms with Crippen molar-refractivity contribution in [1.82, 2.24) is 5.32 Å². The molecule has 1 amide bonds. The summed E-state index contributed by atoms with van der Waals surface area (Å²) >= 11 is 0. The van der Waals surface area contributed by atoms with E-state index in [0.717, 1.165) is 11.3 Å². The zero-order valence-electron chi connectivity index (χ0n) is 18.9. The Balaban J connectivity index is 1.59. The highest BCUT2D eigenvalue weighted by atomic mass is 32.2. The second kappa shape index (κ2) is 10.9. The summed E-state index contributed by atoms with van der Waals surface area (Å²) in [5, 5.41) is 2.89. The molecule has 0 bridgehead atoms. The Kier molecular flexibility index (Phi) is 7.95. The van der Waals surface area contributed by atoms with Crippen molar-refractivity contribution >= 4 is 21.6 Å². The maximum Gasteiger partial charge on any atom is 0.264 e. The predicted octanol–water partition coefficient (Wildman–Crippen LogP) is 4.17. The number of hydrogen-bond acceptors (Lipinski definition) is 5. The van der Waals surface area contributed by atoms with Gasteiger partial charge in [0.1, 0.15) is 11.5 Å². The summed E-state index contributed by atoms with van der Waals surface area (Å²) in [4.78, 5) is 12.5. The van der Waals surface area contributed by atoms with Gasteiger partial charge in [0.25, 0.3) is 15.9 Å². The van der Waals surface area contributed by atoms with Gasteiger partial charge in [-0.1, -0.05) is 30.3 Å². The van der Waals surface area contributed by atoms with E-state index in [2.05, 4.69) is 5.32 Å². The predicted molar refractivity (Wildman–Crippen MR) is 128 cm³/mol. The van der Waals surface area contributed by atoms with Gasteiger partial charge in [0.15, 0.2) is 6.61 Å². The minimum atomic E-state index is -3.67. The summed E-state index contributed by atoms with van der Waals surface area (Å²) < 4.78 is 38.0. The van der Waals surface area contributed by atoms with E-state index in [1.54, 1.807) is 68.6 Å². The van der Waals surface area contributed by atoms with E-state index in [4.69, 9.17) is 9.47 Å². The van der Waals surface area contributed by atoms with Crippen molar-refractivity contribution in [1.29, 1.82) is 0 Å². The molecular weight excluding hydrogens is 440 g/mol. The minimum Gasteiger partial charge on any atom is -0.497 e. The number of nitrogens with zero attached hydrogens (tertiary/aromatic N) is 1. The number of carbonyl (C=O) groups is 1. The van der Waals surface area contributed by atoms with Crippen LogP contribution in [-0.2, 0) is 14.8 Å². The molecule has 0 spiro atoms. The highest BCUT2D eigenvalue weighted by Gasteiger charge is 2.23. The van der Waals surface area contributed by atoms with Gasteiger partial charge >= 0.3 is 0 Å². The molecule has 0 unspecified atom stereocenters. The lowest BCUT2D eigenvalue weighted by molar-refractivity contribution is -0.123. The Hall–Kier alpha value is -3.52. The molecular formula is C25H28N2O5S. The number of methoxy groups -OCH3 is 1. The van der Waals surface area contributed by atoms with Crippen molar-refractivity contribution in [2.45, 2.75) is 24.8 Å². The van der Waals surface area contributed by atoms with Crippen LogP contribution in [0.3, 0.4) is 0 Å². The second-order valence-corrected chi connectivity index (χ2v) is 9.19. The number of sulfonamides is 1. The number of nitrogens with one attached hydrogen (secondary N) is 1. The highest BCUT2D eigenvalue weighted by molar-refractivity contribution is 7.92. The molecule has 0 heterocycles. The molecule has 3 aromatic rings. The molecule has 0 radical (unpaired) electrons. The molecule has 3 rings (SSSR count). The number of anilines is 1. The van der Waals surface area contributed by atoms with Crippen LogP contribution in [0.25, 0.3) is 0 Å². The van der Waals surface area contributed by atoms with Crippen molar-refractivity contribution in [3.8, 4) is 11.5 Å².